The number of hydrogen-bond acceptors (Lipinski definition) is 4. The summed E-state index contributed by atoms with van der Waals surface area (Å²) >= 11 is 0. The number of anilines is 1. The van der Waals surface area contributed by atoms with Crippen LogP contribution in [0.15, 0.2) is 30.5 Å². The van der Waals surface area contributed by atoms with Crippen molar-refractivity contribution in [1.82, 2.24) is 9.88 Å². The number of amides is 2. The number of nitrogens with zero attached hydrogens (tertiary/aromatic N) is 3. The van der Waals surface area contributed by atoms with Crippen molar-refractivity contribution < 1.29 is 9.53 Å². The van der Waals surface area contributed by atoms with E-state index in [1.54, 1.807) is 4.90 Å². The fourth-order valence-electron chi connectivity index (χ4n) is 3.12. The normalized spacial score (nSPS) is 15.4. The zero-order valence-corrected chi connectivity index (χ0v) is 14.1. The van der Waals surface area contributed by atoms with Gasteiger partial charge in [-0.25, -0.2) is 4.79 Å². The van der Waals surface area contributed by atoms with Gasteiger partial charge in [0.2, 0.25) is 0 Å². The lowest BCUT2D eigenvalue weighted by Gasteiger charge is -2.24. The third-order valence-corrected chi connectivity index (χ3v) is 4.32. The highest BCUT2D eigenvalue weighted by atomic mass is 16.5. The Balaban J connectivity index is 1.90. The summed E-state index contributed by atoms with van der Waals surface area (Å²) in [6.45, 7) is 5.78. The van der Waals surface area contributed by atoms with Gasteiger partial charge in [0, 0.05) is 43.4 Å². The van der Waals surface area contributed by atoms with Gasteiger partial charge in [0.15, 0.2) is 0 Å². The maximum absolute atomic E-state index is 11.4. The summed E-state index contributed by atoms with van der Waals surface area (Å²) in [6, 6.07) is 7.74. The molecule has 3 rings (SSSR count). The maximum Gasteiger partial charge on any atom is 0.314 e. The van der Waals surface area contributed by atoms with Crippen molar-refractivity contribution >= 4 is 22.6 Å². The summed E-state index contributed by atoms with van der Waals surface area (Å²) in [5.41, 5.74) is 7.44. The predicted molar refractivity (Wildman–Crippen MR) is 95.5 cm³/mol. The first-order valence-electron chi connectivity index (χ1n) is 8.50. The zero-order chi connectivity index (χ0) is 16.9. The van der Waals surface area contributed by atoms with E-state index in [0.717, 1.165) is 48.3 Å². The van der Waals surface area contributed by atoms with E-state index in [9.17, 15) is 4.79 Å². The topological polar surface area (TPSA) is 71.7 Å². The van der Waals surface area contributed by atoms with Crippen LogP contribution in [0.3, 0.4) is 0 Å². The van der Waals surface area contributed by atoms with Gasteiger partial charge < -0.3 is 20.3 Å². The second kappa shape index (κ2) is 7.38. The highest BCUT2D eigenvalue weighted by Gasteiger charge is 2.19. The Morgan fingerprint density at radius 2 is 2.12 bits per heavy atom. The molecule has 2 N–H and O–H groups in total. The average Bonchev–Trinajstić information content (AvgIpc) is 2.85. The van der Waals surface area contributed by atoms with E-state index in [2.05, 4.69) is 22.9 Å². The van der Waals surface area contributed by atoms with Gasteiger partial charge in [-0.15, -0.1) is 0 Å². The average molecular weight is 328 g/mol. The first kappa shape index (κ1) is 16.4. The number of carbonyl (C=O) groups excluding carboxylic acids is 1. The van der Waals surface area contributed by atoms with Crippen LogP contribution in [0, 0.1) is 0 Å². The molecule has 0 bridgehead atoms. The fraction of sp³-hybridized carbons (Fsp3) is 0.444. The summed E-state index contributed by atoms with van der Waals surface area (Å²) in [4.78, 5) is 19.9. The molecule has 2 heterocycles. The lowest BCUT2D eigenvalue weighted by Crippen LogP contribution is -2.38. The summed E-state index contributed by atoms with van der Waals surface area (Å²) in [5, 5.41) is 1.08. The van der Waals surface area contributed by atoms with Gasteiger partial charge in [-0.1, -0.05) is 19.1 Å². The highest BCUT2D eigenvalue weighted by Crippen LogP contribution is 2.31. The molecule has 1 aliphatic rings. The molecule has 1 saturated heterocycles. The Hall–Kier alpha value is -2.50. The third kappa shape index (κ3) is 3.37. The second-order valence-electron chi connectivity index (χ2n) is 6.00. The van der Waals surface area contributed by atoms with Crippen LogP contribution < -0.4 is 15.4 Å². The quantitative estimate of drug-likeness (QED) is 0.936. The Morgan fingerprint density at radius 3 is 2.92 bits per heavy atom. The van der Waals surface area contributed by atoms with Crippen molar-refractivity contribution in [3.63, 3.8) is 0 Å². The molecule has 1 aromatic heterocycles. The molecule has 128 valence electrons. The summed E-state index contributed by atoms with van der Waals surface area (Å²) < 4.78 is 5.83. The lowest BCUT2D eigenvalue weighted by molar-refractivity contribution is 0.211. The van der Waals surface area contributed by atoms with Crippen molar-refractivity contribution in [2.75, 3.05) is 37.7 Å². The Labute approximate surface area is 142 Å². The van der Waals surface area contributed by atoms with Crippen molar-refractivity contribution in [2.24, 2.45) is 5.73 Å². The van der Waals surface area contributed by atoms with E-state index in [-0.39, 0.29) is 6.03 Å². The molecule has 1 aromatic carbocycles. The van der Waals surface area contributed by atoms with Crippen molar-refractivity contribution in [2.45, 2.75) is 19.8 Å². The first-order chi connectivity index (χ1) is 11.7. The number of benzene rings is 1. The molecular formula is C18H24N4O2. The number of ether oxygens (including phenoxy) is 1. The van der Waals surface area contributed by atoms with Gasteiger partial charge in [0.25, 0.3) is 0 Å². The number of pyridine rings is 1. The molecule has 0 spiro atoms. The van der Waals surface area contributed by atoms with E-state index in [0.29, 0.717) is 19.7 Å². The smallest absolute Gasteiger partial charge is 0.314 e. The Morgan fingerprint density at radius 1 is 1.25 bits per heavy atom. The SMILES string of the molecule is CCCOc1cccc2c(N3CCCN(C(N)=O)CC3)ccnc12. The van der Waals surface area contributed by atoms with Gasteiger partial charge >= 0.3 is 6.03 Å². The molecule has 1 aliphatic heterocycles. The van der Waals surface area contributed by atoms with Gasteiger partial charge in [0.1, 0.15) is 11.3 Å². The van der Waals surface area contributed by atoms with Gasteiger partial charge in [-0.2, -0.15) is 0 Å². The van der Waals surface area contributed by atoms with Crippen LogP contribution in [-0.4, -0.2) is 48.7 Å². The van der Waals surface area contributed by atoms with Crippen LogP contribution in [0.2, 0.25) is 0 Å². The Bertz CT molecular complexity index is 719. The van der Waals surface area contributed by atoms with Crippen LogP contribution in [0.4, 0.5) is 10.5 Å². The number of nitrogens with two attached hydrogens (primary N) is 1. The minimum atomic E-state index is -0.341. The predicted octanol–water partition coefficient (Wildman–Crippen LogP) is 2.61. The third-order valence-electron chi connectivity index (χ3n) is 4.32. The summed E-state index contributed by atoms with van der Waals surface area (Å²) in [5.74, 6) is 0.824. The molecule has 0 radical (unpaired) electrons. The fourth-order valence-corrected chi connectivity index (χ4v) is 3.12. The number of carbonyl (C=O) groups is 1. The molecule has 0 unspecified atom stereocenters. The van der Waals surface area contributed by atoms with E-state index in [1.165, 1.54) is 0 Å². The van der Waals surface area contributed by atoms with Crippen molar-refractivity contribution in [1.29, 1.82) is 0 Å². The van der Waals surface area contributed by atoms with Gasteiger partial charge in [-0.05, 0) is 25.0 Å². The molecule has 24 heavy (non-hydrogen) atoms. The standard InChI is InChI=1S/C18H24N4O2/c1-2-13-24-16-6-3-5-14-15(7-8-20-17(14)16)21-9-4-10-22(12-11-21)18(19)23/h3,5-8H,2,4,9-13H2,1H3,(H2,19,23). The lowest BCUT2D eigenvalue weighted by atomic mass is 10.1. The number of para-hydroxylation sites is 1. The van der Waals surface area contributed by atoms with Gasteiger partial charge in [0.05, 0.1) is 6.61 Å². The minimum Gasteiger partial charge on any atom is -0.491 e. The first-order valence-corrected chi connectivity index (χ1v) is 8.50. The number of urea groups is 1. The van der Waals surface area contributed by atoms with Crippen molar-refractivity contribution in [3.05, 3.63) is 30.5 Å². The molecule has 2 amide bonds. The largest absolute Gasteiger partial charge is 0.491 e. The molecular weight excluding hydrogens is 304 g/mol. The molecule has 2 aromatic rings. The van der Waals surface area contributed by atoms with Crippen LogP contribution in [-0.2, 0) is 0 Å². The number of primary amides is 1. The molecule has 0 aliphatic carbocycles. The summed E-state index contributed by atoms with van der Waals surface area (Å²) in [6.07, 6.45) is 3.69. The molecule has 6 nitrogen and oxygen atoms in total. The molecule has 1 fully saturated rings. The van der Waals surface area contributed by atoms with Crippen LogP contribution in [0.25, 0.3) is 10.9 Å². The number of rotatable bonds is 4. The Kier molecular flexibility index (Phi) is 5.03. The molecule has 0 saturated carbocycles. The number of fused-ring (bicyclic) bond motifs is 1. The zero-order valence-electron chi connectivity index (χ0n) is 14.1. The number of hydrogen-bond donors (Lipinski definition) is 1. The van der Waals surface area contributed by atoms with E-state index in [1.807, 2.05) is 24.4 Å². The highest BCUT2D eigenvalue weighted by molar-refractivity contribution is 5.95. The number of aromatic nitrogens is 1. The van der Waals surface area contributed by atoms with Crippen LogP contribution in [0.5, 0.6) is 5.75 Å². The van der Waals surface area contributed by atoms with E-state index >= 15 is 0 Å². The van der Waals surface area contributed by atoms with Gasteiger partial charge in [-0.3, -0.25) is 4.98 Å². The second-order valence-corrected chi connectivity index (χ2v) is 6.00. The minimum absolute atomic E-state index is 0.341. The van der Waals surface area contributed by atoms with E-state index < -0.39 is 0 Å². The molecule has 6 heteroatoms. The van der Waals surface area contributed by atoms with Crippen LogP contribution in [0.1, 0.15) is 19.8 Å². The van der Waals surface area contributed by atoms with Crippen molar-refractivity contribution in [3.8, 4) is 5.75 Å². The maximum atomic E-state index is 11.4. The van der Waals surface area contributed by atoms with E-state index in [4.69, 9.17) is 10.5 Å². The molecule has 0 atom stereocenters. The summed E-state index contributed by atoms with van der Waals surface area (Å²) in [7, 11) is 0. The van der Waals surface area contributed by atoms with Crippen LogP contribution >= 0.6 is 0 Å². The monoisotopic (exact) mass is 328 g/mol.